The molecular formula is C16H18N8O. The molecule has 0 unspecified atom stereocenters. The van der Waals surface area contributed by atoms with Gasteiger partial charge in [-0.2, -0.15) is 20.1 Å². The van der Waals surface area contributed by atoms with Crippen LogP contribution in [0, 0.1) is 6.92 Å². The Hall–Kier alpha value is -3.07. The van der Waals surface area contributed by atoms with Crippen molar-refractivity contribution in [2.45, 2.75) is 6.92 Å². The summed E-state index contributed by atoms with van der Waals surface area (Å²) in [5.41, 5.74) is 7.34. The zero-order valence-electron chi connectivity index (χ0n) is 13.8. The van der Waals surface area contributed by atoms with Crippen molar-refractivity contribution in [1.82, 2.24) is 29.7 Å². The molecule has 3 aromatic heterocycles. The van der Waals surface area contributed by atoms with Crippen LogP contribution in [-0.2, 0) is 4.74 Å². The van der Waals surface area contributed by atoms with Gasteiger partial charge in [0.15, 0.2) is 5.82 Å². The Morgan fingerprint density at radius 2 is 1.84 bits per heavy atom. The van der Waals surface area contributed by atoms with E-state index in [1.54, 1.807) is 16.9 Å². The van der Waals surface area contributed by atoms with Crippen molar-refractivity contribution in [3.8, 4) is 17.3 Å². The molecule has 128 valence electrons. The van der Waals surface area contributed by atoms with Gasteiger partial charge in [0.2, 0.25) is 5.95 Å². The van der Waals surface area contributed by atoms with E-state index >= 15 is 0 Å². The number of nitrogens with two attached hydrogens (primary N) is 1. The topological polar surface area (TPSA) is 108 Å². The highest BCUT2D eigenvalue weighted by Gasteiger charge is 2.18. The van der Waals surface area contributed by atoms with Gasteiger partial charge >= 0.3 is 0 Å². The molecule has 0 spiro atoms. The van der Waals surface area contributed by atoms with Crippen molar-refractivity contribution in [2.24, 2.45) is 0 Å². The summed E-state index contributed by atoms with van der Waals surface area (Å²) in [6.07, 6.45) is 3.49. The molecule has 1 aliphatic rings. The molecule has 4 heterocycles. The van der Waals surface area contributed by atoms with Gasteiger partial charge < -0.3 is 15.4 Å². The number of pyridine rings is 1. The smallest absolute Gasteiger partial charge is 0.255 e. The molecule has 0 aromatic carbocycles. The number of nitrogens with zero attached hydrogens (tertiary/aromatic N) is 7. The minimum atomic E-state index is 0.453. The fourth-order valence-corrected chi connectivity index (χ4v) is 2.55. The van der Waals surface area contributed by atoms with E-state index < -0.39 is 0 Å². The monoisotopic (exact) mass is 338 g/mol. The van der Waals surface area contributed by atoms with E-state index in [9.17, 15) is 0 Å². The lowest BCUT2D eigenvalue weighted by atomic mass is 10.2. The quantitative estimate of drug-likeness (QED) is 0.749. The van der Waals surface area contributed by atoms with Gasteiger partial charge in [-0.15, -0.1) is 0 Å². The molecule has 0 bridgehead atoms. The SMILES string of the molecule is Cc1ccn(-c2nc(-c3ccc(N)nc3)nc(N3CCOCC3)n2)n1. The molecule has 1 aliphatic heterocycles. The van der Waals surface area contributed by atoms with Crippen molar-refractivity contribution in [3.63, 3.8) is 0 Å². The van der Waals surface area contributed by atoms with Gasteiger partial charge in [-0.3, -0.25) is 0 Å². The van der Waals surface area contributed by atoms with E-state index in [0.29, 0.717) is 36.8 Å². The summed E-state index contributed by atoms with van der Waals surface area (Å²) in [6.45, 7) is 4.70. The number of nitrogen functional groups attached to an aromatic ring is 1. The lowest BCUT2D eigenvalue weighted by molar-refractivity contribution is 0.122. The third kappa shape index (κ3) is 3.26. The van der Waals surface area contributed by atoms with E-state index in [1.165, 1.54) is 0 Å². The summed E-state index contributed by atoms with van der Waals surface area (Å²) < 4.78 is 7.06. The average Bonchev–Trinajstić information content (AvgIpc) is 3.09. The Kier molecular flexibility index (Phi) is 3.98. The van der Waals surface area contributed by atoms with Gasteiger partial charge in [0.05, 0.1) is 18.9 Å². The number of anilines is 2. The van der Waals surface area contributed by atoms with Crippen molar-refractivity contribution in [1.29, 1.82) is 0 Å². The Labute approximate surface area is 144 Å². The van der Waals surface area contributed by atoms with Crippen LogP contribution in [0.15, 0.2) is 30.6 Å². The molecule has 0 atom stereocenters. The summed E-state index contributed by atoms with van der Waals surface area (Å²) in [4.78, 5) is 20.0. The summed E-state index contributed by atoms with van der Waals surface area (Å²) in [5, 5.41) is 4.40. The molecule has 9 heteroatoms. The Bertz CT molecular complexity index is 870. The zero-order chi connectivity index (χ0) is 17.2. The van der Waals surface area contributed by atoms with Crippen LogP contribution in [0.25, 0.3) is 17.3 Å². The second kappa shape index (κ2) is 6.44. The molecule has 0 saturated carbocycles. The first-order chi connectivity index (χ1) is 12.2. The molecule has 0 aliphatic carbocycles. The zero-order valence-corrected chi connectivity index (χ0v) is 13.8. The summed E-state index contributed by atoms with van der Waals surface area (Å²) in [6, 6.07) is 5.48. The average molecular weight is 338 g/mol. The first-order valence-corrected chi connectivity index (χ1v) is 8.02. The Morgan fingerprint density at radius 3 is 2.52 bits per heavy atom. The van der Waals surface area contributed by atoms with E-state index in [1.807, 2.05) is 25.3 Å². The number of morpholine rings is 1. The molecular weight excluding hydrogens is 320 g/mol. The highest BCUT2D eigenvalue weighted by Crippen LogP contribution is 2.20. The largest absolute Gasteiger partial charge is 0.384 e. The molecule has 2 N–H and O–H groups in total. The van der Waals surface area contributed by atoms with Gasteiger partial charge in [-0.25, -0.2) is 9.67 Å². The Balaban J connectivity index is 1.80. The first kappa shape index (κ1) is 15.5. The van der Waals surface area contributed by atoms with Crippen molar-refractivity contribution < 1.29 is 4.74 Å². The van der Waals surface area contributed by atoms with Gasteiger partial charge in [0.1, 0.15) is 5.82 Å². The number of hydrogen-bond donors (Lipinski definition) is 1. The molecule has 1 saturated heterocycles. The van der Waals surface area contributed by atoms with Gasteiger partial charge in [-0.05, 0) is 25.1 Å². The summed E-state index contributed by atoms with van der Waals surface area (Å²) in [5.74, 6) is 2.06. The number of hydrogen-bond acceptors (Lipinski definition) is 8. The van der Waals surface area contributed by atoms with Crippen LogP contribution in [0.5, 0.6) is 0 Å². The molecule has 4 rings (SSSR count). The van der Waals surface area contributed by atoms with Crippen LogP contribution in [0.3, 0.4) is 0 Å². The Morgan fingerprint density at radius 1 is 1.04 bits per heavy atom. The normalized spacial score (nSPS) is 14.7. The molecule has 1 fully saturated rings. The summed E-state index contributed by atoms with van der Waals surface area (Å²) >= 11 is 0. The number of ether oxygens (including phenoxy) is 1. The van der Waals surface area contributed by atoms with E-state index in [0.717, 1.165) is 24.3 Å². The third-order valence-corrected chi connectivity index (χ3v) is 3.88. The van der Waals surface area contributed by atoms with Crippen LogP contribution in [0.1, 0.15) is 5.69 Å². The lowest BCUT2D eigenvalue weighted by Gasteiger charge is -2.27. The second-order valence-corrected chi connectivity index (χ2v) is 5.73. The minimum absolute atomic E-state index is 0.453. The fourth-order valence-electron chi connectivity index (χ4n) is 2.55. The predicted octanol–water partition coefficient (Wildman–Crippen LogP) is 0.847. The van der Waals surface area contributed by atoms with Crippen molar-refractivity contribution >= 4 is 11.8 Å². The third-order valence-electron chi connectivity index (χ3n) is 3.88. The maximum absolute atomic E-state index is 5.67. The van der Waals surface area contributed by atoms with Crippen molar-refractivity contribution in [3.05, 3.63) is 36.3 Å². The first-order valence-electron chi connectivity index (χ1n) is 8.02. The number of rotatable bonds is 3. The fraction of sp³-hybridized carbons (Fsp3) is 0.312. The number of aromatic nitrogens is 6. The van der Waals surface area contributed by atoms with Crippen LogP contribution >= 0.6 is 0 Å². The van der Waals surface area contributed by atoms with Crippen LogP contribution < -0.4 is 10.6 Å². The molecule has 9 nitrogen and oxygen atoms in total. The highest BCUT2D eigenvalue weighted by molar-refractivity contribution is 5.57. The van der Waals surface area contributed by atoms with Crippen molar-refractivity contribution in [2.75, 3.05) is 36.9 Å². The predicted molar refractivity (Wildman–Crippen MR) is 92.4 cm³/mol. The standard InChI is InChI=1S/C16H18N8O/c1-11-4-5-24(22-11)16-20-14(12-2-3-13(17)18-10-12)19-15(21-16)23-6-8-25-9-7-23/h2-5,10H,6-9H2,1H3,(H2,17,18). The molecule has 0 radical (unpaired) electrons. The number of aryl methyl sites for hydroxylation is 1. The van der Waals surface area contributed by atoms with E-state index in [4.69, 9.17) is 10.5 Å². The molecule has 0 amide bonds. The van der Waals surface area contributed by atoms with Gasteiger partial charge in [0, 0.05) is 31.0 Å². The summed E-state index contributed by atoms with van der Waals surface area (Å²) in [7, 11) is 0. The van der Waals surface area contributed by atoms with E-state index in [2.05, 4.69) is 29.9 Å². The second-order valence-electron chi connectivity index (χ2n) is 5.73. The van der Waals surface area contributed by atoms with E-state index in [-0.39, 0.29) is 0 Å². The van der Waals surface area contributed by atoms with Gasteiger partial charge in [-0.1, -0.05) is 0 Å². The van der Waals surface area contributed by atoms with Crippen LogP contribution in [0.4, 0.5) is 11.8 Å². The molecule has 3 aromatic rings. The van der Waals surface area contributed by atoms with Crippen LogP contribution in [0.2, 0.25) is 0 Å². The highest BCUT2D eigenvalue weighted by atomic mass is 16.5. The minimum Gasteiger partial charge on any atom is -0.384 e. The lowest BCUT2D eigenvalue weighted by Crippen LogP contribution is -2.37. The molecule has 25 heavy (non-hydrogen) atoms. The maximum atomic E-state index is 5.67. The van der Waals surface area contributed by atoms with Gasteiger partial charge in [0.25, 0.3) is 5.95 Å². The maximum Gasteiger partial charge on any atom is 0.255 e. The van der Waals surface area contributed by atoms with Crippen LogP contribution in [-0.4, -0.2) is 56.0 Å².